The number of Topliss-reactive ketones (excluding diaryl/α,β-unsaturated/α-hetero) is 1. The first kappa shape index (κ1) is 22.3. The van der Waals surface area contributed by atoms with Crippen molar-refractivity contribution in [1.82, 2.24) is 4.31 Å². The maximum atomic E-state index is 13.0. The Kier molecular flexibility index (Phi) is 6.48. The molecule has 9 heteroatoms. The molecule has 0 aliphatic carbocycles. The lowest BCUT2D eigenvalue weighted by atomic mass is 9.97. The maximum Gasteiger partial charge on any atom is 0.243 e. The smallest absolute Gasteiger partial charge is 0.243 e. The highest BCUT2D eigenvalue weighted by atomic mass is 32.2. The number of amides is 1. The molecule has 170 valence electrons. The molecule has 1 amide bonds. The zero-order valence-corrected chi connectivity index (χ0v) is 18.7. The molecule has 2 aliphatic heterocycles. The van der Waals surface area contributed by atoms with Crippen LogP contribution in [-0.4, -0.2) is 50.7 Å². The van der Waals surface area contributed by atoms with Gasteiger partial charge in [-0.2, -0.15) is 4.31 Å². The number of anilines is 1. The number of ketones is 1. The van der Waals surface area contributed by atoms with Crippen LogP contribution >= 0.6 is 0 Å². The summed E-state index contributed by atoms with van der Waals surface area (Å²) in [6.45, 7) is 3.04. The molecule has 1 N–H and O–H groups in total. The molecular formula is C23H26N2O6S. The van der Waals surface area contributed by atoms with Gasteiger partial charge in [-0.3, -0.25) is 9.59 Å². The van der Waals surface area contributed by atoms with Gasteiger partial charge in [-0.05, 0) is 44.0 Å². The van der Waals surface area contributed by atoms with E-state index >= 15 is 0 Å². The summed E-state index contributed by atoms with van der Waals surface area (Å²) in [6, 6.07) is 11.4. The number of nitrogens with one attached hydrogen (secondary N) is 1. The highest BCUT2D eigenvalue weighted by Gasteiger charge is 2.32. The monoisotopic (exact) mass is 458 g/mol. The van der Waals surface area contributed by atoms with Crippen LogP contribution in [0.2, 0.25) is 0 Å². The number of fused-ring (bicyclic) bond motifs is 1. The molecule has 2 aromatic rings. The summed E-state index contributed by atoms with van der Waals surface area (Å²) in [5.74, 6) is 0.644. The van der Waals surface area contributed by atoms with Gasteiger partial charge in [-0.25, -0.2) is 8.42 Å². The zero-order valence-electron chi connectivity index (χ0n) is 17.9. The van der Waals surface area contributed by atoms with E-state index in [4.69, 9.17) is 9.47 Å². The van der Waals surface area contributed by atoms with Gasteiger partial charge < -0.3 is 14.8 Å². The topological polar surface area (TPSA) is 102 Å². The summed E-state index contributed by atoms with van der Waals surface area (Å²) in [7, 11) is -3.72. The lowest BCUT2D eigenvalue weighted by Crippen LogP contribution is -2.41. The summed E-state index contributed by atoms with van der Waals surface area (Å²) < 4.78 is 38.6. The average molecular weight is 459 g/mol. The summed E-state index contributed by atoms with van der Waals surface area (Å²) in [4.78, 5) is 24.5. The van der Waals surface area contributed by atoms with Gasteiger partial charge in [0, 0.05) is 42.7 Å². The molecule has 32 heavy (non-hydrogen) atoms. The number of carbonyl (C=O) groups excluding carboxylic acids is 2. The Hall–Kier alpha value is -2.91. The Morgan fingerprint density at radius 3 is 2.44 bits per heavy atom. The lowest BCUT2D eigenvalue weighted by Gasteiger charge is -2.30. The Morgan fingerprint density at radius 2 is 1.72 bits per heavy atom. The SMILES string of the molecule is CC(=O)c1cccc(S(=O)(=O)N2CCC(C(=O)Nc3ccc4c(c3)OCCCO4)CC2)c1. The Morgan fingerprint density at radius 1 is 1.00 bits per heavy atom. The van der Waals surface area contributed by atoms with Crippen LogP contribution in [0.5, 0.6) is 11.5 Å². The average Bonchev–Trinajstić information content (AvgIpc) is 3.04. The van der Waals surface area contributed by atoms with Gasteiger partial charge in [0.2, 0.25) is 15.9 Å². The Labute approximate surface area is 187 Å². The molecule has 0 radical (unpaired) electrons. The predicted octanol–water partition coefficient (Wildman–Crippen LogP) is 3.09. The van der Waals surface area contributed by atoms with E-state index in [1.54, 1.807) is 30.3 Å². The van der Waals surface area contributed by atoms with Crippen molar-refractivity contribution in [2.75, 3.05) is 31.6 Å². The van der Waals surface area contributed by atoms with Gasteiger partial charge in [0.25, 0.3) is 0 Å². The molecule has 0 unspecified atom stereocenters. The fourth-order valence-electron chi connectivity index (χ4n) is 3.87. The van der Waals surface area contributed by atoms with E-state index in [0.717, 1.165) is 6.42 Å². The second-order valence-corrected chi connectivity index (χ2v) is 9.90. The van der Waals surface area contributed by atoms with Gasteiger partial charge in [-0.15, -0.1) is 0 Å². The molecule has 0 spiro atoms. The van der Waals surface area contributed by atoms with Crippen LogP contribution in [0.3, 0.4) is 0 Å². The van der Waals surface area contributed by atoms with E-state index < -0.39 is 10.0 Å². The van der Waals surface area contributed by atoms with Crippen LogP contribution in [0.15, 0.2) is 47.4 Å². The van der Waals surface area contributed by atoms with Crippen molar-refractivity contribution in [2.45, 2.75) is 31.1 Å². The summed E-state index contributed by atoms with van der Waals surface area (Å²) in [5, 5.41) is 2.91. The van der Waals surface area contributed by atoms with E-state index in [2.05, 4.69) is 5.32 Å². The maximum absolute atomic E-state index is 13.0. The van der Waals surface area contributed by atoms with Crippen LogP contribution in [0.4, 0.5) is 5.69 Å². The standard InChI is InChI=1S/C23H26N2O6S/c1-16(26)18-4-2-5-20(14-18)32(28,29)25-10-8-17(9-11-25)23(27)24-19-6-7-21-22(15-19)31-13-3-12-30-21/h2,4-7,14-15,17H,3,8-13H2,1H3,(H,24,27). The molecule has 1 fully saturated rings. The minimum absolute atomic E-state index is 0.0975. The minimum atomic E-state index is -3.72. The zero-order chi connectivity index (χ0) is 22.7. The van der Waals surface area contributed by atoms with E-state index in [1.807, 2.05) is 0 Å². The minimum Gasteiger partial charge on any atom is -0.490 e. The van der Waals surface area contributed by atoms with Gasteiger partial charge in [0.05, 0.1) is 18.1 Å². The summed E-state index contributed by atoms with van der Waals surface area (Å²) in [6.07, 6.45) is 1.64. The van der Waals surface area contributed by atoms with Gasteiger partial charge >= 0.3 is 0 Å². The molecule has 0 aromatic heterocycles. The number of benzene rings is 2. The second kappa shape index (κ2) is 9.30. The van der Waals surface area contributed by atoms with Crippen LogP contribution in [0, 0.1) is 5.92 Å². The molecule has 0 saturated carbocycles. The number of nitrogens with zero attached hydrogens (tertiary/aromatic N) is 1. The molecule has 2 aromatic carbocycles. The molecule has 1 saturated heterocycles. The molecule has 8 nitrogen and oxygen atoms in total. The molecule has 0 bridgehead atoms. The first-order valence-electron chi connectivity index (χ1n) is 10.7. The second-order valence-electron chi connectivity index (χ2n) is 7.96. The number of piperidine rings is 1. The van der Waals surface area contributed by atoms with Crippen molar-refractivity contribution in [3.05, 3.63) is 48.0 Å². The number of ether oxygens (including phenoxy) is 2. The first-order valence-corrected chi connectivity index (χ1v) is 12.1. The van der Waals surface area contributed by atoms with Crippen LogP contribution in [-0.2, 0) is 14.8 Å². The Bertz CT molecular complexity index is 1120. The normalized spacial score (nSPS) is 17.4. The summed E-state index contributed by atoms with van der Waals surface area (Å²) >= 11 is 0. The van der Waals surface area contributed by atoms with Gasteiger partial charge in [0.15, 0.2) is 17.3 Å². The van der Waals surface area contributed by atoms with Crippen molar-refractivity contribution in [2.24, 2.45) is 5.92 Å². The number of carbonyl (C=O) groups is 2. The van der Waals surface area contributed by atoms with Crippen molar-refractivity contribution >= 4 is 27.4 Å². The highest BCUT2D eigenvalue weighted by Crippen LogP contribution is 2.33. The van der Waals surface area contributed by atoms with Crippen molar-refractivity contribution in [3.8, 4) is 11.5 Å². The van der Waals surface area contributed by atoms with Gasteiger partial charge in [-0.1, -0.05) is 12.1 Å². The third-order valence-electron chi connectivity index (χ3n) is 5.72. The first-order chi connectivity index (χ1) is 15.3. The Balaban J connectivity index is 1.38. The molecule has 4 rings (SSSR count). The van der Waals surface area contributed by atoms with E-state index in [1.165, 1.54) is 23.4 Å². The highest BCUT2D eigenvalue weighted by molar-refractivity contribution is 7.89. The van der Waals surface area contributed by atoms with Crippen LogP contribution in [0.25, 0.3) is 0 Å². The molecule has 2 heterocycles. The third kappa shape index (κ3) is 4.78. The predicted molar refractivity (Wildman–Crippen MR) is 119 cm³/mol. The number of hydrogen-bond donors (Lipinski definition) is 1. The lowest BCUT2D eigenvalue weighted by molar-refractivity contribution is -0.120. The van der Waals surface area contributed by atoms with Crippen molar-refractivity contribution in [1.29, 1.82) is 0 Å². The fourth-order valence-corrected chi connectivity index (χ4v) is 5.38. The fraction of sp³-hybridized carbons (Fsp3) is 0.391. The van der Waals surface area contributed by atoms with Crippen molar-refractivity contribution < 1.29 is 27.5 Å². The van der Waals surface area contributed by atoms with E-state index in [0.29, 0.717) is 48.8 Å². The number of rotatable bonds is 5. The van der Waals surface area contributed by atoms with Gasteiger partial charge in [0.1, 0.15) is 0 Å². The van der Waals surface area contributed by atoms with Crippen LogP contribution in [0.1, 0.15) is 36.5 Å². The van der Waals surface area contributed by atoms with Crippen molar-refractivity contribution in [3.63, 3.8) is 0 Å². The quantitative estimate of drug-likeness (QED) is 0.691. The molecular weight excluding hydrogens is 432 g/mol. The third-order valence-corrected chi connectivity index (χ3v) is 7.61. The molecule has 2 aliphatic rings. The number of hydrogen-bond acceptors (Lipinski definition) is 6. The molecule has 0 atom stereocenters. The number of sulfonamides is 1. The van der Waals surface area contributed by atoms with Crippen LogP contribution < -0.4 is 14.8 Å². The van der Waals surface area contributed by atoms with E-state index in [9.17, 15) is 18.0 Å². The van der Waals surface area contributed by atoms with E-state index in [-0.39, 0.29) is 35.6 Å². The largest absolute Gasteiger partial charge is 0.490 e. The summed E-state index contributed by atoms with van der Waals surface area (Å²) in [5.41, 5.74) is 0.978.